The van der Waals surface area contributed by atoms with Gasteiger partial charge in [0.15, 0.2) is 0 Å². The van der Waals surface area contributed by atoms with Gasteiger partial charge in [-0.15, -0.1) is 0 Å². The summed E-state index contributed by atoms with van der Waals surface area (Å²) in [5.41, 5.74) is -4.83. The minimum absolute atomic E-state index is 0.138. The average Bonchev–Trinajstić information content (AvgIpc) is 3.21. The van der Waals surface area contributed by atoms with Crippen molar-refractivity contribution in [3.05, 3.63) is 67.1 Å². The lowest BCUT2D eigenvalue weighted by Gasteiger charge is -2.30. The lowest BCUT2D eigenvalue weighted by molar-refractivity contribution is -0.276. The highest BCUT2D eigenvalue weighted by molar-refractivity contribution is 9.10. The molecular formula is C21H15BrCl2F6N2O2S. The molecule has 1 aliphatic heterocycles. The highest BCUT2D eigenvalue weighted by atomic mass is 79.9. The van der Waals surface area contributed by atoms with Crippen LogP contribution in [-0.4, -0.2) is 29.8 Å². The van der Waals surface area contributed by atoms with Gasteiger partial charge in [0.05, 0.1) is 27.1 Å². The third-order valence-corrected chi connectivity index (χ3v) is 7.21. The van der Waals surface area contributed by atoms with Crippen LogP contribution >= 0.6 is 50.9 Å². The molecule has 3 rings (SSSR count). The van der Waals surface area contributed by atoms with Crippen molar-refractivity contribution >= 4 is 62.5 Å². The number of rotatable bonds is 6. The number of benzene rings is 2. The molecule has 35 heavy (non-hydrogen) atoms. The average molecular weight is 624 g/mol. The molecule has 0 saturated heterocycles. The first-order chi connectivity index (χ1) is 16.2. The molecule has 2 aromatic carbocycles. The predicted molar refractivity (Wildman–Crippen MR) is 126 cm³/mol. The van der Waals surface area contributed by atoms with Crippen LogP contribution in [0.25, 0.3) is 0 Å². The molecule has 1 atom stereocenters. The van der Waals surface area contributed by atoms with E-state index in [9.17, 15) is 31.1 Å². The zero-order valence-electron chi connectivity index (χ0n) is 17.6. The molecule has 1 unspecified atom stereocenters. The molecule has 2 aromatic rings. The Morgan fingerprint density at radius 1 is 1.20 bits per heavy atom. The molecule has 190 valence electrons. The topological polar surface area (TPSA) is 50.7 Å². The Bertz CT molecular complexity index is 1180. The van der Waals surface area contributed by atoms with Gasteiger partial charge in [0.25, 0.3) is 5.60 Å². The molecule has 0 bridgehead atoms. The fourth-order valence-electron chi connectivity index (χ4n) is 3.33. The molecule has 0 aliphatic carbocycles. The minimum atomic E-state index is -5.14. The van der Waals surface area contributed by atoms with Crippen molar-refractivity contribution in [1.29, 1.82) is 0 Å². The maximum atomic E-state index is 14.2. The summed E-state index contributed by atoms with van der Waals surface area (Å²) < 4.78 is 83.3. The molecule has 1 heterocycles. The Hall–Kier alpha value is -1.63. The molecule has 1 aliphatic rings. The van der Waals surface area contributed by atoms with E-state index in [4.69, 9.17) is 28.0 Å². The van der Waals surface area contributed by atoms with E-state index in [0.29, 0.717) is 16.1 Å². The Morgan fingerprint density at radius 2 is 1.89 bits per heavy atom. The Morgan fingerprint density at radius 3 is 2.46 bits per heavy atom. The number of hydrogen-bond acceptors (Lipinski definition) is 4. The van der Waals surface area contributed by atoms with Crippen molar-refractivity contribution in [3.63, 3.8) is 0 Å². The SMILES string of the molecule is CSCC(=O)NCc1ccc(C2=NOC(c3cc(Cl)c(Cl)c(C(F)(F)F)c3)(C(F)(F)F)C2)cc1Br. The zero-order chi connectivity index (χ0) is 26.2. The monoisotopic (exact) mass is 622 g/mol. The summed E-state index contributed by atoms with van der Waals surface area (Å²) >= 11 is 16.0. The van der Waals surface area contributed by atoms with Crippen LogP contribution in [-0.2, 0) is 28.0 Å². The number of carbonyl (C=O) groups excluding carboxylic acids is 1. The molecular weight excluding hydrogens is 609 g/mol. The van der Waals surface area contributed by atoms with Crippen molar-refractivity contribution in [2.45, 2.75) is 30.9 Å². The van der Waals surface area contributed by atoms with Crippen LogP contribution in [0.5, 0.6) is 0 Å². The van der Waals surface area contributed by atoms with Gasteiger partial charge >= 0.3 is 12.4 Å². The first kappa shape index (κ1) is 27.9. The number of carbonyl (C=O) groups is 1. The molecule has 0 saturated carbocycles. The number of oxime groups is 1. The van der Waals surface area contributed by atoms with E-state index in [1.54, 1.807) is 12.3 Å². The largest absolute Gasteiger partial charge is 0.435 e. The van der Waals surface area contributed by atoms with Gasteiger partial charge in [0.2, 0.25) is 5.91 Å². The van der Waals surface area contributed by atoms with Gasteiger partial charge < -0.3 is 10.2 Å². The van der Waals surface area contributed by atoms with Crippen molar-refractivity contribution in [2.24, 2.45) is 5.16 Å². The zero-order valence-corrected chi connectivity index (χ0v) is 21.5. The quantitative estimate of drug-likeness (QED) is 0.343. The lowest BCUT2D eigenvalue weighted by atomic mass is 9.85. The predicted octanol–water partition coefficient (Wildman–Crippen LogP) is 7.34. The summed E-state index contributed by atoms with van der Waals surface area (Å²) in [6.45, 7) is 0.180. The summed E-state index contributed by atoms with van der Waals surface area (Å²) in [6, 6.07) is 5.51. The van der Waals surface area contributed by atoms with Crippen LogP contribution in [0.1, 0.15) is 28.7 Å². The first-order valence-corrected chi connectivity index (χ1v) is 12.6. The lowest BCUT2D eigenvalue weighted by Crippen LogP contribution is -2.43. The summed E-state index contributed by atoms with van der Waals surface area (Å²) in [5, 5.41) is 4.65. The number of alkyl halides is 6. The van der Waals surface area contributed by atoms with E-state index >= 15 is 0 Å². The molecule has 1 N–H and O–H groups in total. The second kappa shape index (κ2) is 10.4. The third-order valence-electron chi connectivity index (χ3n) is 5.12. The van der Waals surface area contributed by atoms with Crippen LogP contribution in [0.2, 0.25) is 10.0 Å². The number of thioether (sulfide) groups is 1. The number of halogens is 9. The number of nitrogens with one attached hydrogen (secondary N) is 1. The van der Waals surface area contributed by atoms with E-state index < -0.39 is 45.5 Å². The van der Waals surface area contributed by atoms with Gasteiger partial charge in [-0.2, -0.15) is 38.1 Å². The van der Waals surface area contributed by atoms with E-state index in [1.807, 2.05) is 0 Å². The standard InChI is InChI=1S/C21H15BrCl2F6N2O2S/c1-35-9-17(33)31-8-11-3-2-10(4-14(11)22)16-7-19(34-32-16,21(28,29)30)12-5-13(20(25,26)27)18(24)15(23)6-12/h2-6H,7-9H2,1H3,(H,31,33). The van der Waals surface area contributed by atoms with Crippen molar-refractivity contribution in [2.75, 3.05) is 12.0 Å². The number of amides is 1. The second-order valence-corrected chi connectivity index (χ2v) is 9.97. The smallest absolute Gasteiger partial charge is 0.374 e. The van der Waals surface area contributed by atoms with E-state index in [2.05, 4.69) is 26.4 Å². The molecule has 1 amide bonds. The van der Waals surface area contributed by atoms with Gasteiger partial charge in [0, 0.05) is 28.6 Å². The highest BCUT2D eigenvalue weighted by Gasteiger charge is 2.62. The number of hydrogen-bond donors (Lipinski definition) is 1. The highest BCUT2D eigenvalue weighted by Crippen LogP contribution is 2.51. The Labute approximate surface area is 218 Å². The van der Waals surface area contributed by atoms with Crippen LogP contribution in [0.4, 0.5) is 26.3 Å². The summed E-state index contributed by atoms with van der Waals surface area (Å²) in [5.74, 6) is 0.0885. The van der Waals surface area contributed by atoms with E-state index in [0.717, 1.165) is 0 Å². The third kappa shape index (κ3) is 5.86. The van der Waals surface area contributed by atoms with Gasteiger partial charge in [0.1, 0.15) is 0 Å². The van der Waals surface area contributed by atoms with Gasteiger partial charge in [-0.25, -0.2) is 0 Å². The molecule has 14 heteroatoms. The Balaban J connectivity index is 1.94. The summed E-state index contributed by atoms with van der Waals surface area (Å²) in [7, 11) is 0. The van der Waals surface area contributed by atoms with E-state index in [1.165, 1.54) is 23.9 Å². The van der Waals surface area contributed by atoms with Crippen molar-refractivity contribution in [1.82, 2.24) is 5.32 Å². The minimum Gasteiger partial charge on any atom is -0.374 e. The van der Waals surface area contributed by atoms with Crippen molar-refractivity contribution < 1.29 is 36.0 Å². The van der Waals surface area contributed by atoms with E-state index in [-0.39, 0.29) is 35.5 Å². The van der Waals surface area contributed by atoms with Gasteiger partial charge in [-0.3, -0.25) is 4.79 Å². The van der Waals surface area contributed by atoms with Gasteiger partial charge in [-0.05, 0) is 30.0 Å². The van der Waals surface area contributed by atoms with Crippen LogP contribution in [0, 0.1) is 0 Å². The molecule has 4 nitrogen and oxygen atoms in total. The molecule has 0 spiro atoms. The summed E-state index contributed by atoms with van der Waals surface area (Å²) in [4.78, 5) is 16.5. The molecule has 0 aromatic heterocycles. The number of nitrogens with zero attached hydrogens (tertiary/aromatic N) is 1. The maximum Gasteiger partial charge on any atom is 0.435 e. The van der Waals surface area contributed by atoms with Crippen LogP contribution in [0.3, 0.4) is 0 Å². The second-order valence-electron chi connectivity index (χ2n) is 7.46. The normalized spacial score (nSPS) is 18.3. The molecule has 0 fully saturated rings. The van der Waals surface area contributed by atoms with Crippen LogP contribution in [0.15, 0.2) is 40.0 Å². The Kier molecular flexibility index (Phi) is 8.30. The fraction of sp³-hybridized carbons (Fsp3) is 0.333. The first-order valence-electron chi connectivity index (χ1n) is 9.62. The summed E-state index contributed by atoms with van der Waals surface area (Å²) in [6.07, 6.45) is -9.31. The molecule has 0 radical (unpaired) electrons. The maximum absolute atomic E-state index is 14.2. The fourth-order valence-corrected chi connectivity index (χ4v) is 4.65. The van der Waals surface area contributed by atoms with Crippen LogP contribution < -0.4 is 5.32 Å². The van der Waals surface area contributed by atoms with Gasteiger partial charge in [-0.1, -0.05) is 56.4 Å². The van der Waals surface area contributed by atoms with Crippen molar-refractivity contribution in [3.8, 4) is 0 Å².